The smallest absolute Gasteiger partial charge is 0.0900 e. The maximum absolute atomic E-state index is 10.5. The van der Waals surface area contributed by atoms with Crippen molar-refractivity contribution in [2.24, 2.45) is 17.8 Å². The molecule has 5 fully saturated rings. The van der Waals surface area contributed by atoms with Crippen LogP contribution in [0.2, 0.25) is 0 Å². The lowest BCUT2D eigenvalue weighted by Gasteiger charge is -2.56. The number of ether oxygens (including phenoxy) is 2. The molecular formula is C19H33NO3. The third-order valence-electron chi connectivity index (χ3n) is 6.53. The molecular weight excluding hydrogens is 290 g/mol. The van der Waals surface area contributed by atoms with Crippen LogP contribution in [0.4, 0.5) is 0 Å². The van der Waals surface area contributed by atoms with E-state index in [4.69, 9.17) is 9.47 Å². The van der Waals surface area contributed by atoms with Gasteiger partial charge in [0.2, 0.25) is 0 Å². The number of aliphatic hydroxyl groups excluding tert-OH is 1. The molecule has 3 atom stereocenters. The molecule has 4 saturated carbocycles. The van der Waals surface area contributed by atoms with E-state index >= 15 is 0 Å². The molecule has 5 rings (SSSR count). The quantitative estimate of drug-likeness (QED) is 0.844. The van der Waals surface area contributed by atoms with Crippen molar-refractivity contribution in [2.45, 2.75) is 76.3 Å². The predicted octanol–water partition coefficient (Wildman–Crippen LogP) is 2.44. The van der Waals surface area contributed by atoms with E-state index in [0.717, 1.165) is 30.8 Å². The lowest BCUT2D eigenvalue weighted by Crippen LogP contribution is -2.53. The fourth-order valence-electron chi connectivity index (χ4n) is 6.27. The first-order valence-corrected chi connectivity index (χ1v) is 9.69. The van der Waals surface area contributed by atoms with Crippen molar-refractivity contribution in [2.75, 3.05) is 26.2 Å². The summed E-state index contributed by atoms with van der Waals surface area (Å²) in [7, 11) is 0. The summed E-state index contributed by atoms with van der Waals surface area (Å²) in [4.78, 5) is 2.33. The van der Waals surface area contributed by atoms with Crippen molar-refractivity contribution in [1.29, 1.82) is 0 Å². The molecule has 0 spiro atoms. The first kappa shape index (κ1) is 16.3. The molecule has 4 aliphatic carbocycles. The SMILES string of the molecule is CC1CN(CC(O)COC23CC4CC(CC(C4)C2)C3)CC(C)O1. The van der Waals surface area contributed by atoms with Crippen LogP contribution in [0.15, 0.2) is 0 Å². The van der Waals surface area contributed by atoms with E-state index in [0.29, 0.717) is 13.2 Å². The van der Waals surface area contributed by atoms with E-state index in [2.05, 4.69) is 18.7 Å². The average Bonchev–Trinajstić information content (AvgIpc) is 2.42. The predicted molar refractivity (Wildman–Crippen MR) is 89.3 cm³/mol. The molecule has 4 bridgehead atoms. The van der Waals surface area contributed by atoms with E-state index < -0.39 is 0 Å². The zero-order valence-corrected chi connectivity index (χ0v) is 14.7. The van der Waals surface area contributed by atoms with E-state index in [1.54, 1.807) is 0 Å². The second-order valence-electron chi connectivity index (χ2n) is 9.04. The van der Waals surface area contributed by atoms with Crippen molar-refractivity contribution < 1.29 is 14.6 Å². The van der Waals surface area contributed by atoms with Crippen molar-refractivity contribution in [1.82, 2.24) is 4.90 Å². The minimum atomic E-state index is -0.375. The molecule has 0 aromatic heterocycles. The Morgan fingerprint density at radius 1 is 1.04 bits per heavy atom. The summed E-state index contributed by atoms with van der Waals surface area (Å²) in [5, 5.41) is 10.5. The van der Waals surface area contributed by atoms with Crippen LogP contribution in [0.1, 0.15) is 52.4 Å². The zero-order chi connectivity index (χ0) is 16.0. The maximum Gasteiger partial charge on any atom is 0.0900 e. The Balaban J connectivity index is 1.27. The van der Waals surface area contributed by atoms with Gasteiger partial charge in [0.05, 0.1) is 30.5 Å². The van der Waals surface area contributed by atoms with Gasteiger partial charge in [-0.1, -0.05) is 0 Å². The summed E-state index contributed by atoms with van der Waals surface area (Å²) < 4.78 is 12.2. The maximum atomic E-state index is 10.5. The summed E-state index contributed by atoms with van der Waals surface area (Å²) >= 11 is 0. The number of rotatable bonds is 5. The number of hydrogen-bond acceptors (Lipinski definition) is 4. The number of hydrogen-bond donors (Lipinski definition) is 1. The van der Waals surface area contributed by atoms with Crippen LogP contribution in [0.3, 0.4) is 0 Å². The highest BCUT2D eigenvalue weighted by atomic mass is 16.5. The minimum absolute atomic E-state index is 0.112. The molecule has 132 valence electrons. The van der Waals surface area contributed by atoms with Crippen molar-refractivity contribution in [3.05, 3.63) is 0 Å². The molecule has 3 unspecified atom stereocenters. The van der Waals surface area contributed by atoms with Gasteiger partial charge in [-0.2, -0.15) is 0 Å². The minimum Gasteiger partial charge on any atom is -0.389 e. The number of nitrogens with zero attached hydrogens (tertiary/aromatic N) is 1. The topological polar surface area (TPSA) is 41.9 Å². The van der Waals surface area contributed by atoms with Crippen LogP contribution in [0, 0.1) is 17.8 Å². The second kappa shape index (κ2) is 6.29. The molecule has 5 aliphatic rings. The number of morpholine rings is 1. The Morgan fingerprint density at radius 3 is 2.09 bits per heavy atom. The average molecular weight is 323 g/mol. The van der Waals surface area contributed by atoms with Gasteiger partial charge in [-0.15, -0.1) is 0 Å². The Labute approximate surface area is 140 Å². The van der Waals surface area contributed by atoms with Gasteiger partial charge in [0.1, 0.15) is 0 Å². The van der Waals surface area contributed by atoms with Gasteiger partial charge in [-0.25, -0.2) is 0 Å². The van der Waals surface area contributed by atoms with Crippen LogP contribution in [0.5, 0.6) is 0 Å². The van der Waals surface area contributed by atoms with Crippen LogP contribution >= 0.6 is 0 Å². The van der Waals surface area contributed by atoms with Crippen LogP contribution < -0.4 is 0 Å². The molecule has 1 aliphatic heterocycles. The highest BCUT2D eigenvalue weighted by Crippen LogP contribution is 2.57. The van der Waals surface area contributed by atoms with E-state index in [1.165, 1.54) is 38.5 Å². The summed E-state index contributed by atoms with van der Waals surface area (Å²) in [5.41, 5.74) is 0.112. The third kappa shape index (κ3) is 3.60. The molecule has 1 N–H and O–H groups in total. The van der Waals surface area contributed by atoms with Crippen LogP contribution in [-0.4, -0.2) is 60.2 Å². The van der Waals surface area contributed by atoms with Gasteiger partial charge in [0, 0.05) is 19.6 Å². The molecule has 1 saturated heterocycles. The Bertz CT molecular complexity index is 382. The molecule has 23 heavy (non-hydrogen) atoms. The molecule has 1 heterocycles. The van der Waals surface area contributed by atoms with Crippen molar-refractivity contribution in [3.63, 3.8) is 0 Å². The molecule has 0 aromatic rings. The summed E-state index contributed by atoms with van der Waals surface area (Å²) in [6.45, 7) is 7.27. The Kier molecular flexibility index (Phi) is 4.46. The zero-order valence-electron chi connectivity index (χ0n) is 14.7. The second-order valence-corrected chi connectivity index (χ2v) is 9.04. The molecule has 0 radical (unpaired) electrons. The number of β-amino-alcohol motifs (C(OH)–C–C–N with tert-alkyl or cyclic N) is 1. The molecule has 4 heteroatoms. The van der Waals surface area contributed by atoms with Gasteiger partial charge in [-0.3, -0.25) is 4.90 Å². The largest absolute Gasteiger partial charge is 0.389 e. The highest BCUT2D eigenvalue weighted by molar-refractivity contribution is 5.03. The first-order chi connectivity index (χ1) is 11.0. The monoisotopic (exact) mass is 323 g/mol. The van der Waals surface area contributed by atoms with Gasteiger partial charge >= 0.3 is 0 Å². The van der Waals surface area contributed by atoms with Crippen LogP contribution in [0.25, 0.3) is 0 Å². The van der Waals surface area contributed by atoms with E-state index in [-0.39, 0.29) is 23.9 Å². The van der Waals surface area contributed by atoms with E-state index in [9.17, 15) is 5.11 Å². The highest BCUT2D eigenvalue weighted by Gasteiger charge is 2.51. The summed E-state index contributed by atoms with van der Waals surface area (Å²) in [6.07, 6.45) is 8.20. The fourth-order valence-corrected chi connectivity index (χ4v) is 6.27. The summed E-state index contributed by atoms with van der Waals surface area (Å²) in [5.74, 6) is 2.71. The normalized spacial score (nSPS) is 47.9. The Morgan fingerprint density at radius 2 is 1.57 bits per heavy atom. The van der Waals surface area contributed by atoms with Crippen molar-refractivity contribution >= 4 is 0 Å². The fraction of sp³-hybridized carbons (Fsp3) is 1.00. The standard InChI is InChI=1S/C19H33NO3/c1-13-9-20(10-14(2)23-13)11-18(21)12-22-19-6-15-3-16(7-19)5-17(4-15)8-19/h13-18,21H,3-12H2,1-2H3. The molecule has 4 nitrogen and oxygen atoms in total. The third-order valence-corrected chi connectivity index (χ3v) is 6.53. The van der Waals surface area contributed by atoms with Crippen LogP contribution in [-0.2, 0) is 9.47 Å². The lowest BCUT2D eigenvalue weighted by molar-refractivity contribution is -0.177. The lowest BCUT2D eigenvalue weighted by atomic mass is 9.54. The summed E-state index contributed by atoms with van der Waals surface area (Å²) in [6, 6.07) is 0. The molecule has 0 aromatic carbocycles. The van der Waals surface area contributed by atoms with Gasteiger partial charge in [-0.05, 0) is 70.1 Å². The van der Waals surface area contributed by atoms with Crippen molar-refractivity contribution in [3.8, 4) is 0 Å². The molecule has 0 amide bonds. The first-order valence-electron chi connectivity index (χ1n) is 9.69. The Hall–Kier alpha value is -0.160. The number of aliphatic hydroxyl groups is 1. The van der Waals surface area contributed by atoms with Gasteiger partial charge in [0.15, 0.2) is 0 Å². The van der Waals surface area contributed by atoms with Gasteiger partial charge in [0.25, 0.3) is 0 Å². The van der Waals surface area contributed by atoms with E-state index in [1.807, 2.05) is 0 Å². The van der Waals surface area contributed by atoms with Gasteiger partial charge < -0.3 is 14.6 Å².